The first-order chi connectivity index (χ1) is 4.27. The maximum Gasteiger partial charge on any atom is 0.254 e. The molecule has 0 aromatic rings. The zero-order valence-electron chi connectivity index (χ0n) is 5.47. The second kappa shape index (κ2) is 3.20. The van der Waals surface area contributed by atoms with Crippen molar-refractivity contribution in [2.45, 2.75) is 0 Å². The summed E-state index contributed by atoms with van der Waals surface area (Å²) in [7, 11) is -5.85. The van der Waals surface area contributed by atoms with E-state index in [-0.39, 0.29) is 0 Å². The van der Waals surface area contributed by atoms with Crippen molar-refractivity contribution in [1.82, 2.24) is 0 Å². The molecular weight excluding hydrogens is 178 g/mol. The van der Waals surface area contributed by atoms with Crippen LogP contribution in [0.1, 0.15) is 0 Å². The van der Waals surface area contributed by atoms with Crippen molar-refractivity contribution in [3.05, 3.63) is 0 Å². The highest BCUT2D eigenvalue weighted by molar-refractivity contribution is 7.71. The molecular formula is C3H10O5P2. The highest BCUT2D eigenvalue weighted by atomic mass is 31.3. The van der Waals surface area contributed by atoms with Gasteiger partial charge in [-0.25, -0.2) is 4.31 Å². The van der Waals surface area contributed by atoms with Gasteiger partial charge in [-0.05, 0) is 12.6 Å². The predicted molar refractivity (Wildman–Crippen MR) is 42.8 cm³/mol. The summed E-state index contributed by atoms with van der Waals surface area (Å²) in [6.07, 6.45) is 5.92. The maximum absolute atomic E-state index is 8.88. The van der Waals surface area contributed by atoms with Crippen molar-refractivity contribution in [2.24, 2.45) is 0 Å². The summed E-state index contributed by atoms with van der Waals surface area (Å²) in [6, 6.07) is 0. The third-order valence-corrected chi connectivity index (χ3v) is 3.18. The predicted octanol–water partition coefficient (Wildman–Crippen LogP) is 0.0155. The Labute approximate surface area is 59.3 Å². The van der Waals surface area contributed by atoms with E-state index in [1.54, 1.807) is 0 Å². The van der Waals surface area contributed by atoms with Crippen LogP contribution in [0.2, 0.25) is 0 Å². The Morgan fingerprint density at radius 2 is 1.60 bits per heavy atom. The fraction of sp³-hybridized carbons (Fsp3) is 0.333. The van der Waals surface area contributed by atoms with Crippen molar-refractivity contribution >= 4 is 27.7 Å². The lowest BCUT2D eigenvalue weighted by molar-refractivity contribution is 0.283. The summed E-state index contributed by atoms with van der Waals surface area (Å²) in [5, 5.41) is 0. The quantitative estimate of drug-likeness (QED) is 0.544. The van der Waals surface area contributed by atoms with E-state index in [2.05, 4.69) is 21.4 Å². The monoisotopic (exact) mass is 188 g/mol. The molecule has 0 aromatic heterocycles. The first-order valence-electron chi connectivity index (χ1n) is 2.19. The zero-order valence-corrected chi connectivity index (χ0v) is 7.26. The van der Waals surface area contributed by atoms with Gasteiger partial charge in [0.2, 0.25) is 0 Å². The van der Waals surface area contributed by atoms with Gasteiger partial charge in [-0.1, -0.05) is 0 Å². The molecule has 3 N–H and O–H groups in total. The van der Waals surface area contributed by atoms with E-state index in [4.69, 9.17) is 14.7 Å². The highest BCUT2D eigenvalue weighted by Crippen LogP contribution is 2.56. The third-order valence-electron chi connectivity index (χ3n) is 0.544. The molecule has 0 aliphatic heterocycles. The SMILES string of the molecule is C=P(O)(O)OP(=C)(O)OC. The fourth-order valence-corrected chi connectivity index (χ4v) is 2.14. The zero-order chi connectivity index (χ0) is 8.41. The molecule has 5 nitrogen and oxygen atoms in total. The van der Waals surface area contributed by atoms with Gasteiger partial charge in [-0.3, -0.25) is 0 Å². The Hall–Kier alpha value is 0.400. The van der Waals surface area contributed by atoms with Crippen LogP contribution in [0, 0.1) is 0 Å². The van der Waals surface area contributed by atoms with Gasteiger partial charge in [0.15, 0.2) is 0 Å². The highest BCUT2D eigenvalue weighted by Gasteiger charge is 2.17. The molecule has 0 fully saturated rings. The van der Waals surface area contributed by atoms with Crippen LogP contribution < -0.4 is 0 Å². The Balaban J connectivity index is 4.17. The smallest absolute Gasteiger partial charge is 0.254 e. The Morgan fingerprint density at radius 1 is 1.20 bits per heavy atom. The minimum Gasteiger partial charge on any atom is -0.333 e. The van der Waals surface area contributed by atoms with Gasteiger partial charge in [-0.15, -0.1) is 0 Å². The van der Waals surface area contributed by atoms with Crippen LogP contribution in [-0.2, 0) is 8.83 Å². The van der Waals surface area contributed by atoms with Crippen molar-refractivity contribution < 1.29 is 23.5 Å². The molecule has 0 spiro atoms. The summed E-state index contributed by atoms with van der Waals surface area (Å²) in [4.78, 5) is 26.0. The molecule has 0 bridgehead atoms. The summed E-state index contributed by atoms with van der Waals surface area (Å²) in [5.74, 6) is 0. The fourth-order valence-electron chi connectivity index (χ4n) is 0.238. The van der Waals surface area contributed by atoms with Crippen molar-refractivity contribution in [3.8, 4) is 0 Å². The van der Waals surface area contributed by atoms with Crippen LogP contribution in [0.15, 0.2) is 0 Å². The molecule has 0 saturated heterocycles. The summed E-state index contributed by atoms with van der Waals surface area (Å²) in [6.45, 7) is 0. The molecule has 7 heteroatoms. The van der Waals surface area contributed by atoms with Gasteiger partial charge in [0.05, 0.1) is 0 Å². The van der Waals surface area contributed by atoms with Gasteiger partial charge < -0.3 is 19.2 Å². The lowest BCUT2D eigenvalue weighted by atomic mass is 11.8. The van der Waals surface area contributed by atoms with E-state index in [9.17, 15) is 0 Å². The van der Waals surface area contributed by atoms with E-state index in [1.807, 2.05) is 0 Å². The van der Waals surface area contributed by atoms with Gasteiger partial charge in [0.1, 0.15) is 0 Å². The van der Waals surface area contributed by atoms with E-state index in [1.165, 1.54) is 0 Å². The van der Waals surface area contributed by atoms with Gasteiger partial charge >= 0.3 is 0 Å². The molecule has 0 heterocycles. The number of hydrogen-bond acceptors (Lipinski definition) is 5. The molecule has 0 amide bonds. The van der Waals surface area contributed by atoms with E-state index < -0.39 is 15.1 Å². The molecule has 0 aliphatic carbocycles. The van der Waals surface area contributed by atoms with Crippen LogP contribution >= 0.6 is 15.1 Å². The van der Waals surface area contributed by atoms with Crippen LogP contribution in [-0.4, -0.2) is 34.4 Å². The average Bonchev–Trinajstić information content (AvgIpc) is 1.60. The van der Waals surface area contributed by atoms with Crippen molar-refractivity contribution in [2.75, 3.05) is 7.11 Å². The maximum atomic E-state index is 8.88. The molecule has 0 rings (SSSR count). The molecule has 62 valence electrons. The Bertz CT molecular complexity index is 193. The Morgan fingerprint density at radius 3 is 1.70 bits per heavy atom. The van der Waals surface area contributed by atoms with Gasteiger partial charge in [0, 0.05) is 7.11 Å². The molecule has 10 heavy (non-hydrogen) atoms. The lowest BCUT2D eigenvalue weighted by Gasteiger charge is -2.18. The topological polar surface area (TPSA) is 79.2 Å². The van der Waals surface area contributed by atoms with E-state index in [0.29, 0.717) is 0 Å². The molecule has 1 unspecified atom stereocenters. The van der Waals surface area contributed by atoms with Crippen LogP contribution in [0.5, 0.6) is 0 Å². The molecule has 0 saturated carbocycles. The number of rotatable bonds is 3. The largest absolute Gasteiger partial charge is 0.333 e. The molecule has 0 radical (unpaired) electrons. The minimum atomic E-state index is -3.69. The second-order valence-corrected chi connectivity index (χ2v) is 5.19. The van der Waals surface area contributed by atoms with Crippen LogP contribution in [0.3, 0.4) is 0 Å². The third kappa shape index (κ3) is 5.21. The second-order valence-electron chi connectivity index (χ2n) is 1.57. The molecule has 0 aliphatic rings. The minimum absolute atomic E-state index is 1.15. The normalized spacial score (nSPS) is 18.4. The summed E-state index contributed by atoms with van der Waals surface area (Å²) >= 11 is 0. The lowest BCUT2D eigenvalue weighted by Crippen LogP contribution is -1.89. The van der Waals surface area contributed by atoms with Crippen molar-refractivity contribution in [3.63, 3.8) is 0 Å². The molecule has 0 aromatic carbocycles. The van der Waals surface area contributed by atoms with Gasteiger partial charge in [-0.2, -0.15) is 0 Å². The first kappa shape index (κ1) is 10.4. The van der Waals surface area contributed by atoms with Gasteiger partial charge in [0.25, 0.3) is 15.1 Å². The molecule has 1 atom stereocenters. The van der Waals surface area contributed by atoms with E-state index >= 15 is 0 Å². The van der Waals surface area contributed by atoms with Crippen LogP contribution in [0.25, 0.3) is 0 Å². The summed E-state index contributed by atoms with van der Waals surface area (Å²) < 4.78 is 8.53. The number of hydrogen-bond donors (Lipinski definition) is 3. The first-order valence-corrected chi connectivity index (χ1v) is 5.75. The Kier molecular flexibility index (Phi) is 3.33. The van der Waals surface area contributed by atoms with E-state index in [0.717, 1.165) is 7.11 Å². The van der Waals surface area contributed by atoms with Crippen molar-refractivity contribution in [1.29, 1.82) is 0 Å². The standard InChI is InChI=1S/C3H10O5P2/c1-7-10(3,6)8-9(2,4)5/h4-6H,2-3H2,1H3. The van der Waals surface area contributed by atoms with Crippen LogP contribution in [0.4, 0.5) is 0 Å². The summed E-state index contributed by atoms with van der Waals surface area (Å²) in [5.41, 5.74) is 0. The average molecular weight is 188 g/mol.